The van der Waals surface area contributed by atoms with Gasteiger partial charge in [-0.2, -0.15) is 0 Å². The molecule has 0 radical (unpaired) electrons. The maximum Gasteiger partial charge on any atom is 0.332 e. The first-order valence-corrected chi connectivity index (χ1v) is 9.79. The summed E-state index contributed by atoms with van der Waals surface area (Å²) in [5.41, 5.74) is 1.60. The van der Waals surface area contributed by atoms with Gasteiger partial charge in [-0.25, -0.2) is 4.79 Å². The van der Waals surface area contributed by atoms with E-state index in [1.54, 1.807) is 4.57 Å². The number of anilines is 1. The van der Waals surface area contributed by atoms with Gasteiger partial charge in [0.2, 0.25) is 5.91 Å². The Kier molecular flexibility index (Phi) is 6.02. The number of hydrogen-bond donors (Lipinski definition) is 1. The van der Waals surface area contributed by atoms with Gasteiger partial charge in [0.05, 0.1) is 5.92 Å². The fraction of sp³-hybridized carbons (Fsp3) is 0.476. The van der Waals surface area contributed by atoms with Crippen LogP contribution in [-0.2, 0) is 24.9 Å². The molecule has 28 heavy (non-hydrogen) atoms. The monoisotopic (exact) mass is 384 g/mol. The Morgan fingerprint density at radius 1 is 1.25 bits per heavy atom. The van der Waals surface area contributed by atoms with Gasteiger partial charge in [0, 0.05) is 39.3 Å². The lowest BCUT2D eigenvalue weighted by atomic mass is 9.97. The summed E-state index contributed by atoms with van der Waals surface area (Å²) < 4.78 is 2.71. The Hall–Kier alpha value is -2.83. The van der Waals surface area contributed by atoms with Crippen molar-refractivity contribution in [2.45, 2.75) is 39.8 Å². The van der Waals surface area contributed by atoms with Crippen LogP contribution in [0.4, 0.5) is 5.82 Å². The van der Waals surface area contributed by atoms with Crippen LogP contribution in [0.25, 0.3) is 0 Å². The van der Waals surface area contributed by atoms with Crippen LogP contribution in [0.1, 0.15) is 30.9 Å². The van der Waals surface area contributed by atoms with E-state index < -0.39 is 0 Å². The smallest absolute Gasteiger partial charge is 0.332 e. The van der Waals surface area contributed by atoms with Gasteiger partial charge >= 0.3 is 5.69 Å². The van der Waals surface area contributed by atoms with E-state index in [1.165, 1.54) is 18.7 Å². The first-order chi connectivity index (χ1) is 13.4. The van der Waals surface area contributed by atoms with Gasteiger partial charge in [0.25, 0.3) is 5.56 Å². The van der Waals surface area contributed by atoms with Crippen molar-refractivity contribution in [3.05, 3.63) is 62.3 Å². The van der Waals surface area contributed by atoms with Crippen molar-refractivity contribution >= 4 is 11.7 Å². The molecule has 1 unspecified atom stereocenters. The first-order valence-electron chi connectivity index (χ1n) is 9.79. The Bertz CT molecular complexity index is 976. The van der Waals surface area contributed by atoms with E-state index in [4.69, 9.17) is 0 Å². The number of nitrogens with one attached hydrogen (secondary N) is 1. The fourth-order valence-electron chi connectivity index (χ4n) is 3.77. The minimum atomic E-state index is -0.323. The number of carbonyl (C=O) groups is 1. The van der Waals surface area contributed by atoms with Gasteiger partial charge in [-0.15, -0.1) is 0 Å². The maximum absolute atomic E-state index is 12.7. The van der Waals surface area contributed by atoms with Gasteiger partial charge in [0.1, 0.15) is 5.82 Å². The SMILES string of the molecule is CCn1c(N2CCCC(C(=O)NCc3cccc(C)c3)C2)cc(=O)n(C)c1=O. The molecule has 1 amide bonds. The molecule has 1 fully saturated rings. The molecule has 1 N–H and O–H groups in total. The average Bonchev–Trinajstić information content (AvgIpc) is 2.70. The highest BCUT2D eigenvalue weighted by Gasteiger charge is 2.27. The summed E-state index contributed by atoms with van der Waals surface area (Å²) in [5, 5.41) is 3.03. The Labute approximate surface area is 164 Å². The van der Waals surface area contributed by atoms with Crippen LogP contribution in [0.2, 0.25) is 0 Å². The Morgan fingerprint density at radius 3 is 2.75 bits per heavy atom. The molecular weight excluding hydrogens is 356 g/mol. The van der Waals surface area contributed by atoms with Crippen LogP contribution in [0, 0.1) is 12.8 Å². The van der Waals surface area contributed by atoms with Crippen LogP contribution >= 0.6 is 0 Å². The second-order valence-corrected chi connectivity index (χ2v) is 7.42. The summed E-state index contributed by atoms with van der Waals surface area (Å²) in [6, 6.07) is 9.58. The van der Waals surface area contributed by atoms with Crippen molar-refractivity contribution in [2.24, 2.45) is 13.0 Å². The molecule has 1 aliphatic rings. The predicted octanol–water partition coefficient (Wildman–Crippen LogP) is 1.41. The quantitative estimate of drug-likeness (QED) is 0.846. The number of benzene rings is 1. The molecule has 7 nitrogen and oxygen atoms in total. The zero-order chi connectivity index (χ0) is 20.3. The van der Waals surface area contributed by atoms with E-state index >= 15 is 0 Å². The van der Waals surface area contributed by atoms with E-state index in [9.17, 15) is 14.4 Å². The van der Waals surface area contributed by atoms with Gasteiger partial charge in [0.15, 0.2) is 0 Å². The van der Waals surface area contributed by atoms with Crippen molar-refractivity contribution < 1.29 is 4.79 Å². The van der Waals surface area contributed by atoms with E-state index in [1.807, 2.05) is 36.9 Å². The number of rotatable bonds is 5. The highest BCUT2D eigenvalue weighted by Crippen LogP contribution is 2.22. The lowest BCUT2D eigenvalue weighted by Gasteiger charge is -2.34. The van der Waals surface area contributed by atoms with E-state index in [0.717, 1.165) is 29.5 Å². The van der Waals surface area contributed by atoms with E-state index in [0.29, 0.717) is 25.5 Å². The van der Waals surface area contributed by atoms with Crippen molar-refractivity contribution in [1.29, 1.82) is 0 Å². The molecule has 1 aliphatic heterocycles. The molecule has 2 aromatic rings. The number of hydrogen-bond acceptors (Lipinski definition) is 4. The second kappa shape index (κ2) is 8.46. The Balaban J connectivity index is 1.73. The topological polar surface area (TPSA) is 76.3 Å². The molecule has 0 aliphatic carbocycles. The number of carbonyl (C=O) groups excluding carboxylic acids is 1. The first kappa shape index (κ1) is 19.9. The number of nitrogens with zero attached hydrogens (tertiary/aromatic N) is 3. The summed E-state index contributed by atoms with van der Waals surface area (Å²) in [6.07, 6.45) is 1.65. The number of aromatic nitrogens is 2. The highest BCUT2D eigenvalue weighted by molar-refractivity contribution is 5.79. The highest BCUT2D eigenvalue weighted by atomic mass is 16.2. The summed E-state index contributed by atoms with van der Waals surface area (Å²) >= 11 is 0. The molecule has 1 aromatic heterocycles. The van der Waals surface area contributed by atoms with Crippen molar-refractivity contribution in [1.82, 2.24) is 14.5 Å². The molecule has 150 valence electrons. The normalized spacial score (nSPS) is 16.8. The molecule has 0 spiro atoms. The number of aryl methyl sites for hydroxylation is 1. The van der Waals surface area contributed by atoms with Crippen molar-refractivity contribution in [2.75, 3.05) is 18.0 Å². The van der Waals surface area contributed by atoms with Gasteiger partial charge in [-0.3, -0.25) is 18.7 Å². The minimum absolute atomic E-state index is 0.0143. The lowest BCUT2D eigenvalue weighted by molar-refractivity contribution is -0.125. The molecule has 0 saturated carbocycles. The average molecular weight is 384 g/mol. The van der Waals surface area contributed by atoms with E-state index in [-0.39, 0.29) is 23.1 Å². The molecule has 7 heteroatoms. The van der Waals surface area contributed by atoms with Crippen LogP contribution < -0.4 is 21.5 Å². The van der Waals surface area contributed by atoms with Gasteiger partial charge in [-0.1, -0.05) is 29.8 Å². The van der Waals surface area contributed by atoms with Gasteiger partial charge in [-0.05, 0) is 32.3 Å². The second-order valence-electron chi connectivity index (χ2n) is 7.42. The third kappa shape index (κ3) is 4.18. The summed E-state index contributed by atoms with van der Waals surface area (Å²) in [4.78, 5) is 39.2. The van der Waals surface area contributed by atoms with Crippen LogP contribution in [0.3, 0.4) is 0 Å². The molecular formula is C21H28N4O3. The standard InChI is InChI=1S/C21H28N4O3/c1-4-25-18(12-19(26)23(3)21(25)28)24-10-6-9-17(14-24)20(27)22-13-16-8-5-7-15(2)11-16/h5,7-8,11-12,17H,4,6,9-10,13-14H2,1-3H3,(H,22,27). The molecule has 1 aromatic carbocycles. The van der Waals surface area contributed by atoms with Crippen molar-refractivity contribution in [3.8, 4) is 0 Å². The van der Waals surface area contributed by atoms with Gasteiger partial charge < -0.3 is 10.2 Å². The molecule has 1 atom stereocenters. The fourth-order valence-corrected chi connectivity index (χ4v) is 3.77. The lowest BCUT2D eigenvalue weighted by Crippen LogP contribution is -2.47. The van der Waals surface area contributed by atoms with Crippen molar-refractivity contribution in [3.63, 3.8) is 0 Å². The maximum atomic E-state index is 12.7. The Morgan fingerprint density at radius 2 is 2.04 bits per heavy atom. The molecule has 2 heterocycles. The summed E-state index contributed by atoms with van der Waals surface area (Å²) in [7, 11) is 1.48. The molecule has 0 bridgehead atoms. The zero-order valence-corrected chi connectivity index (χ0v) is 16.8. The van der Waals surface area contributed by atoms with E-state index in [2.05, 4.69) is 11.4 Å². The van der Waals surface area contributed by atoms with Crippen LogP contribution in [0.5, 0.6) is 0 Å². The third-order valence-electron chi connectivity index (χ3n) is 5.36. The number of amides is 1. The van der Waals surface area contributed by atoms with Crippen LogP contribution in [-0.4, -0.2) is 28.1 Å². The molecule has 1 saturated heterocycles. The van der Waals surface area contributed by atoms with Crippen LogP contribution in [0.15, 0.2) is 39.9 Å². The largest absolute Gasteiger partial charge is 0.357 e. The third-order valence-corrected chi connectivity index (χ3v) is 5.36. The summed E-state index contributed by atoms with van der Waals surface area (Å²) in [5.74, 6) is 0.454. The molecule has 3 rings (SSSR count). The summed E-state index contributed by atoms with van der Waals surface area (Å²) in [6.45, 7) is 6.12. The predicted molar refractivity (Wildman–Crippen MR) is 110 cm³/mol. The minimum Gasteiger partial charge on any atom is -0.357 e. The number of piperidine rings is 1. The zero-order valence-electron chi connectivity index (χ0n) is 16.8.